The molecule has 1 aromatic rings. The van der Waals surface area contributed by atoms with Crippen molar-refractivity contribution in [3.8, 4) is 5.75 Å². The summed E-state index contributed by atoms with van der Waals surface area (Å²) >= 11 is 5.58. The van der Waals surface area contributed by atoms with Gasteiger partial charge in [-0.2, -0.15) is 13.2 Å². The molecule has 0 spiro atoms. The average molecular weight is 346 g/mol. The molecule has 0 aliphatic rings. The van der Waals surface area contributed by atoms with Gasteiger partial charge in [-0.25, -0.2) is 0 Å². The minimum Gasteiger partial charge on any atom is -0.490 e. The van der Waals surface area contributed by atoms with Crippen LogP contribution in [0, 0.1) is 0 Å². The van der Waals surface area contributed by atoms with Crippen molar-refractivity contribution in [2.75, 3.05) is 13.6 Å². The van der Waals surface area contributed by atoms with Crippen LogP contribution in [-0.2, 0) is 6.18 Å². The Kier molecular flexibility index (Phi) is 9.09. The van der Waals surface area contributed by atoms with Crippen molar-refractivity contribution in [2.24, 2.45) is 0 Å². The molecule has 0 aliphatic heterocycles. The molecule has 1 atom stereocenters. The number of ether oxygens (including phenoxy) is 1. The standard InChI is InChI=1S/C14H19ClF3NO.ClH/c1-3-4-10(7-8-19-2)20-11-5-6-13(15)12(9-11)14(16,17)18;/h5-6,9-10,19H,3-4,7-8H2,1-2H3;1H. The molecule has 0 bridgehead atoms. The third kappa shape index (κ3) is 6.76. The molecule has 122 valence electrons. The van der Waals surface area contributed by atoms with Crippen molar-refractivity contribution in [1.82, 2.24) is 5.32 Å². The number of rotatable bonds is 7. The van der Waals surface area contributed by atoms with E-state index in [0.29, 0.717) is 0 Å². The van der Waals surface area contributed by atoms with E-state index in [9.17, 15) is 13.2 Å². The summed E-state index contributed by atoms with van der Waals surface area (Å²) in [5.41, 5.74) is -0.861. The lowest BCUT2D eigenvalue weighted by atomic mass is 10.1. The number of halogens is 5. The molecule has 0 fully saturated rings. The second-order valence-corrected chi connectivity index (χ2v) is 4.97. The molecule has 7 heteroatoms. The quantitative estimate of drug-likeness (QED) is 0.755. The first-order chi connectivity index (χ1) is 9.38. The van der Waals surface area contributed by atoms with Gasteiger partial charge in [0.2, 0.25) is 0 Å². The molecule has 1 rings (SSSR count). The summed E-state index contributed by atoms with van der Waals surface area (Å²) in [5.74, 6) is 0.205. The zero-order chi connectivity index (χ0) is 15.2. The summed E-state index contributed by atoms with van der Waals surface area (Å²) in [6.07, 6.45) is -2.12. The molecule has 1 N–H and O–H groups in total. The van der Waals surface area contributed by atoms with Crippen molar-refractivity contribution < 1.29 is 17.9 Å². The zero-order valence-corrected chi connectivity index (χ0v) is 13.5. The molecule has 1 unspecified atom stereocenters. The summed E-state index contributed by atoms with van der Waals surface area (Å²) in [5, 5.41) is 2.69. The third-order valence-corrected chi connectivity index (χ3v) is 3.20. The second kappa shape index (κ2) is 9.38. The normalized spacial score (nSPS) is 12.7. The van der Waals surface area contributed by atoms with Gasteiger partial charge < -0.3 is 10.1 Å². The summed E-state index contributed by atoms with van der Waals surface area (Å²) in [6, 6.07) is 3.66. The minimum absolute atomic E-state index is 0. The Labute approximate surface area is 134 Å². The Bertz CT molecular complexity index is 427. The first-order valence-electron chi connectivity index (χ1n) is 6.56. The molecule has 1 aromatic carbocycles. The van der Waals surface area contributed by atoms with Crippen molar-refractivity contribution >= 4 is 24.0 Å². The maximum absolute atomic E-state index is 12.8. The summed E-state index contributed by atoms with van der Waals surface area (Å²) in [7, 11) is 1.83. The topological polar surface area (TPSA) is 21.3 Å². The molecule has 0 aliphatic carbocycles. The van der Waals surface area contributed by atoms with E-state index in [1.54, 1.807) is 0 Å². The molecule has 2 nitrogen and oxygen atoms in total. The molecule has 0 radical (unpaired) electrons. The smallest absolute Gasteiger partial charge is 0.417 e. The number of hydrogen-bond donors (Lipinski definition) is 1. The highest BCUT2D eigenvalue weighted by atomic mass is 35.5. The van der Waals surface area contributed by atoms with E-state index < -0.39 is 11.7 Å². The van der Waals surface area contributed by atoms with E-state index >= 15 is 0 Å². The number of benzene rings is 1. The number of nitrogens with one attached hydrogen (secondary N) is 1. The highest BCUT2D eigenvalue weighted by molar-refractivity contribution is 6.31. The van der Waals surface area contributed by atoms with Crippen molar-refractivity contribution in [2.45, 2.75) is 38.5 Å². The Morgan fingerprint density at radius 2 is 1.95 bits per heavy atom. The molecule has 21 heavy (non-hydrogen) atoms. The number of hydrogen-bond acceptors (Lipinski definition) is 2. The van der Waals surface area contributed by atoms with E-state index in [1.807, 2.05) is 14.0 Å². The van der Waals surface area contributed by atoms with Gasteiger partial charge in [-0.05, 0) is 44.6 Å². The molecule has 0 saturated carbocycles. The molecular formula is C14H20Cl2F3NO. The van der Waals surface area contributed by atoms with Crippen LogP contribution < -0.4 is 10.1 Å². The SMILES string of the molecule is CCCC(CCNC)Oc1ccc(Cl)c(C(F)(F)F)c1.Cl. The number of alkyl halides is 3. The highest BCUT2D eigenvalue weighted by Gasteiger charge is 2.33. The predicted octanol–water partition coefficient (Wildman–Crippen LogP) is 4.94. The van der Waals surface area contributed by atoms with Gasteiger partial charge in [-0.1, -0.05) is 24.9 Å². The minimum atomic E-state index is -4.47. The van der Waals surface area contributed by atoms with Gasteiger partial charge >= 0.3 is 6.18 Å². The summed E-state index contributed by atoms with van der Waals surface area (Å²) < 4.78 is 43.9. The molecular weight excluding hydrogens is 326 g/mol. The van der Waals surface area contributed by atoms with Crippen LogP contribution in [0.2, 0.25) is 5.02 Å². The van der Waals surface area contributed by atoms with E-state index in [2.05, 4.69) is 5.32 Å². The van der Waals surface area contributed by atoms with Crippen LogP contribution in [0.25, 0.3) is 0 Å². The Morgan fingerprint density at radius 1 is 1.29 bits per heavy atom. The van der Waals surface area contributed by atoms with E-state index in [4.69, 9.17) is 16.3 Å². The van der Waals surface area contributed by atoms with Crippen molar-refractivity contribution in [3.05, 3.63) is 28.8 Å². The first kappa shape index (κ1) is 20.3. The Morgan fingerprint density at radius 3 is 2.48 bits per heavy atom. The first-order valence-corrected chi connectivity index (χ1v) is 6.94. The van der Waals surface area contributed by atoms with E-state index in [-0.39, 0.29) is 29.3 Å². The van der Waals surface area contributed by atoms with Gasteiger partial charge in [0.05, 0.1) is 16.7 Å². The lowest BCUT2D eigenvalue weighted by molar-refractivity contribution is -0.137. The van der Waals surface area contributed by atoms with Crippen LogP contribution in [0.4, 0.5) is 13.2 Å². The average Bonchev–Trinajstić information content (AvgIpc) is 2.37. The van der Waals surface area contributed by atoms with Gasteiger partial charge in [0.1, 0.15) is 5.75 Å². The fourth-order valence-electron chi connectivity index (χ4n) is 1.88. The van der Waals surface area contributed by atoms with Crippen LogP contribution in [0.15, 0.2) is 18.2 Å². The summed E-state index contributed by atoms with van der Waals surface area (Å²) in [6.45, 7) is 2.77. The highest BCUT2D eigenvalue weighted by Crippen LogP contribution is 2.37. The van der Waals surface area contributed by atoms with E-state index in [1.165, 1.54) is 12.1 Å². The van der Waals surface area contributed by atoms with Crippen LogP contribution >= 0.6 is 24.0 Å². The fraction of sp³-hybridized carbons (Fsp3) is 0.571. The van der Waals surface area contributed by atoms with Gasteiger partial charge in [0.15, 0.2) is 0 Å². The largest absolute Gasteiger partial charge is 0.490 e. The fourth-order valence-corrected chi connectivity index (χ4v) is 2.10. The third-order valence-electron chi connectivity index (χ3n) is 2.87. The summed E-state index contributed by atoms with van der Waals surface area (Å²) in [4.78, 5) is 0. The molecule has 0 heterocycles. The van der Waals surface area contributed by atoms with Crippen LogP contribution in [0.1, 0.15) is 31.7 Å². The molecule has 0 aromatic heterocycles. The second-order valence-electron chi connectivity index (χ2n) is 4.56. The molecule has 0 amide bonds. The van der Waals surface area contributed by atoms with Gasteiger partial charge in [0.25, 0.3) is 0 Å². The van der Waals surface area contributed by atoms with Gasteiger partial charge in [-0.15, -0.1) is 12.4 Å². The van der Waals surface area contributed by atoms with Crippen molar-refractivity contribution in [1.29, 1.82) is 0 Å². The van der Waals surface area contributed by atoms with Crippen LogP contribution in [0.5, 0.6) is 5.75 Å². The van der Waals surface area contributed by atoms with E-state index in [0.717, 1.165) is 31.9 Å². The Hall–Kier alpha value is -0.650. The van der Waals surface area contributed by atoms with Gasteiger partial charge in [-0.3, -0.25) is 0 Å². The lowest BCUT2D eigenvalue weighted by Crippen LogP contribution is -2.22. The monoisotopic (exact) mass is 345 g/mol. The Balaban J connectivity index is 0.00000400. The zero-order valence-electron chi connectivity index (χ0n) is 12.0. The maximum Gasteiger partial charge on any atom is 0.417 e. The van der Waals surface area contributed by atoms with Gasteiger partial charge in [0, 0.05) is 0 Å². The maximum atomic E-state index is 12.8. The van der Waals surface area contributed by atoms with Crippen LogP contribution in [-0.4, -0.2) is 19.7 Å². The van der Waals surface area contributed by atoms with Crippen molar-refractivity contribution in [3.63, 3.8) is 0 Å². The predicted molar refractivity (Wildman–Crippen MR) is 81.6 cm³/mol. The lowest BCUT2D eigenvalue weighted by Gasteiger charge is -2.19. The van der Waals surface area contributed by atoms with Crippen LogP contribution in [0.3, 0.4) is 0 Å². The molecule has 0 saturated heterocycles.